The maximum atomic E-state index is 6.29. The number of rotatable bonds is 3. The predicted molar refractivity (Wildman–Crippen MR) is 85.2 cm³/mol. The molecule has 1 fully saturated rings. The summed E-state index contributed by atoms with van der Waals surface area (Å²) in [4.78, 5) is 2.31. The Bertz CT molecular complexity index is 478. The summed E-state index contributed by atoms with van der Waals surface area (Å²) in [6.07, 6.45) is 0.924. The highest BCUT2D eigenvalue weighted by Gasteiger charge is 2.58. The lowest BCUT2D eigenvalue weighted by atomic mass is 9.77. The molecule has 1 saturated heterocycles. The molecule has 2 N–H and O–H groups in total. The third-order valence-corrected chi connectivity index (χ3v) is 4.77. The van der Waals surface area contributed by atoms with E-state index >= 15 is 0 Å². The summed E-state index contributed by atoms with van der Waals surface area (Å²) < 4.78 is 6.29. The number of ether oxygens (including phenoxy) is 1. The zero-order valence-electron chi connectivity index (χ0n) is 13.7. The van der Waals surface area contributed by atoms with Gasteiger partial charge in [0.1, 0.15) is 0 Å². The van der Waals surface area contributed by atoms with Gasteiger partial charge < -0.3 is 15.4 Å². The minimum atomic E-state index is -0.287. The Kier molecular flexibility index (Phi) is 3.64. The number of hydrogen-bond acceptors (Lipinski definition) is 3. The van der Waals surface area contributed by atoms with E-state index in [-0.39, 0.29) is 16.7 Å². The van der Waals surface area contributed by atoms with Crippen LogP contribution in [-0.2, 0) is 4.74 Å². The lowest BCUT2D eigenvalue weighted by Crippen LogP contribution is -2.62. The maximum Gasteiger partial charge on any atom is 0.0877 e. The van der Waals surface area contributed by atoms with Gasteiger partial charge in [-0.3, -0.25) is 0 Å². The number of benzene rings is 1. The second-order valence-corrected chi connectivity index (χ2v) is 7.18. The number of likely N-dealkylation sites (N-methyl/N-ethyl adjacent to an activating group) is 1. The van der Waals surface area contributed by atoms with Gasteiger partial charge >= 0.3 is 0 Å². The van der Waals surface area contributed by atoms with Crippen molar-refractivity contribution in [2.45, 2.75) is 57.8 Å². The highest BCUT2D eigenvalue weighted by molar-refractivity contribution is 5.51. The molecular formula is C17H28N2O. The quantitative estimate of drug-likeness (QED) is 0.922. The van der Waals surface area contributed by atoms with Crippen LogP contribution in [-0.4, -0.2) is 30.3 Å². The maximum absolute atomic E-state index is 6.29. The van der Waals surface area contributed by atoms with E-state index in [9.17, 15) is 0 Å². The Morgan fingerprint density at radius 1 is 1.15 bits per heavy atom. The van der Waals surface area contributed by atoms with Crippen LogP contribution in [0.3, 0.4) is 0 Å². The van der Waals surface area contributed by atoms with Crippen LogP contribution in [0.5, 0.6) is 0 Å². The van der Waals surface area contributed by atoms with E-state index in [1.165, 1.54) is 11.3 Å². The van der Waals surface area contributed by atoms with Crippen molar-refractivity contribution in [3.8, 4) is 0 Å². The van der Waals surface area contributed by atoms with Crippen LogP contribution in [0.2, 0.25) is 0 Å². The minimum Gasteiger partial charge on any atom is -0.367 e. The first kappa shape index (κ1) is 15.3. The van der Waals surface area contributed by atoms with Crippen LogP contribution >= 0.6 is 0 Å². The summed E-state index contributed by atoms with van der Waals surface area (Å²) in [5.41, 5.74) is 8.05. The van der Waals surface area contributed by atoms with Crippen LogP contribution in [0, 0.1) is 6.92 Å². The Hall–Kier alpha value is -1.06. The summed E-state index contributed by atoms with van der Waals surface area (Å²) >= 11 is 0. The van der Waals surface area contributed by atoms with Gasteiger partial charge in [-0.25, -0.2) is 0 Å². The van der Waals surface area contributed by atoms with Crippen molar-refractivity contribution in [2.75, 3.05) is 18.5 Å². The number of aryl methyl sites for hydroxylation is 1. The average molecular weight is 276 g/mol. The molecule has 0 amide bonds. The molecule has 1 aliphatic heterocycles. The van der Waals surface area contributed by atoms with Crippen molar-refractivity contribution in [3.05, 3.63) is 29.8 Å². The van der Waals surface area contributed by atoms with E-state index in [0.717, 1.165) is 6.42 Å². The molecule has 1 unspecified atom stereocenters. The normalized spacial score (nSPS) is 27.6. The molecule has 1 aromatic rings. The fourth-order valence-corrected chi connectivity index (χ4v) is 3.73. The van der Waals surface area contributed by atoms with Gasteiger partial charge in [-0.15, -0.1) is 0 Å². The molecule has 3 heteroatoms. The smallest absolute Gasteiger partial charge is 0.0877 e. The van der Waals surface area contributed by atoms with Gasteiger partial charge in [0, 0.05) is 25.7 Å². The van der Waals surface area contributed by atoms with Gasteiger partial charge in [0.05, 0.1) is 16.7 Å². The second-order valence-electron chi connectivity index (χ2n) is 7.18. The topological polar surface area (TPSA) is 38.5 Å². The number of hydrogen-bond donors (Lipinski definition) is 1. The van der Waals surface area contributed by atoms with Crippen LogP contribution in [0.25, 0.3) is 0 Å². The molecule has 0 spiro atoms. The summed E-state index contributed by atoms with van der Waals surface area (Å²) in [7, 11) is 2.13. The standard InChI is InChI=1S/C17H28N2O/c1-13-7-9-14(10-8-13)19(6)17(12-18)11-15(2,3)20-16(17,4)5/h7-10H,11-12,18H2,1-6H3. The molecule has 3 nitrogen and oxygen atoms in total. The van der Waals surface area contributed by atoms with Crippen LogP contribution in [0.15, 0.2) is 24.3 Å². The Morgan fingerprint density at radius 2 is 1.70 bits per heavy atom. The highest BCUT2D eigenvalue weighted by Crippen LogP contribution is 2.48. The molecular weight excluding hydrogens is 248 g/mol. The largest absolute Gasteiger partial charge is 0.367 e. The van der Waals surface area contributed by atoms with E-state index in [0.29, 0.717) is 6.54 Å². The average Bonchev–Trinajstić information content (AvgIpc) is 2.54. The lowest BCUT2D eigenvalue weighted by Gasteiger charge is -2.47. The van der Waals surface area contributed by atoms with E-state index in [4.69, 9.17) is 10.5 Å². The molecule has 1 atom stereocenters. The van der Waals surface area contributed by atoms with E-state index in [1.807, 2.05) is 0 Å². The van der Waals surface area contributed by atoms with Crippen LogP contribution in [0.4, 0.5) is 5.69 Å². The zero-order valence-corrected chi connectivity index (χ0v) is 13.7. The first-order valence-corrected chi connectivity index (χ1v) is 7.34. The fraction of sp³-hybridized carbons (Fsp3) is 0.647. The molecule has 1 heterocycles. The van der Waals surface area contributed by atoms with Gasteiger partial charge in [0.2, 0.25) is 0 Å². The van der Waals surface area contributed by atoms with Crippen molar-refractivity contribution in [3.63, 3.8) is 0 Å². The van der Waals surface area contributed by atoms with Crippen molar-refractivity contribution in [1.29, 1.82) is 0 Å². The molecule has 0 bridgehead atoms. The predicted octanol–water partition coefficient (Wildman–Crippen LogP) is 3.11. The molecule has 0 radical (unpaired) electrons. The van der Waals surface area contributed by atoms with Crippen LogP contribution in [0.1, 0.15) is 39.7 Å². The summed E-state index contributed by atoms with van der Waals surface area (Å²) in [5.74, 6) is 0. The lowest BCUT2D eigenvalue weighted by molar-refractivity contribution is -0.0779. The number of nitrogens with two attached hydrogens (primary N) is 1. The number of anilines is 1. The van der Waals surface area contributed by atoms with Crippen molar-refractivity contribution < 1.29 is 4.74 Å². The van der Waals surface area contributed by atoms with Gasteiger partial charge in [0.15, 0.2) is 0 Å². The highest BCUT2D eigenvalue weighted by atomic mass is 16.5. The molecule has 1 aliphatic rings. The molecule has 1 aromatic carbocycles. The van der Waals surface area contributed by atoms with Gasteiger partial charge in [-0.1, -0.05) is 17.7 Å². The van der Waals surface area contributed by atoms with E-state index in [1.54, 1.807) is 0 Å². The first-order valence-electron chi connectivity index (χ1n) is 7.34. The summed E-state index contributed by atoms with van der Waals surface area (Å²) in [6, 6.07) is 8.61. The Labute approximate surface area is 123 Å². The molecule has 20 heavy (non-hydrogen) atoms. The van der Waals surface area contributed by atoms with Crippen LogP contribution < -0.4 is 10.6 Å². The van der Waals surface area contributed by atoms with Crippen molar-refractivity contribution in [2.24, 2.45) is 5.73 Å². The summed E-state index contributed by atoms with van der Waals surface area (Å²) in [6.45, 7) is 11.3. The third-order valence-electron chi connectivity index (χ3n) is 4.77. The molecule has 0 aromatic heterocycles. The fourth-order valence-electron chi connectivity index (χ4n) is 3.73. The second kappa shape index (κ2) is 4.74. The first-order chi connectivity index (χ1) is 9.13. The summed E-state index contributed by atoms with van der Waals surface area (Å²) in [5, 5.41) is 0. The monoisotopic (exact) mass is 276 g/mol. The van der Waals surface area contributed by atoms with Gasteiger partial charge in [-0.05, 0) is 46.8 Å². The van der Waals surface area contributed by atoms with E-state index < -0.39 is 0 Å². The zero-order chi connectivity index (χ0) is 15.2. The molecule has 2 rings (SSSR count). The van der Waals surface area contributed by atoms with Gasteiger partial charge in [-0.2, -0.15) is 0 Å². The minimum absolute atomic E-state index is 0.151. The van der Waals surface area contributed by atoms with Crippen molar-refractivity contribution in [1.82, 2.24) is 0 Å². The molecule has 0 aliphatic carbocycles. The van der Waals surface area contributed by atoms with Crippen molar-refractivity contribution >= 4 is 5.69 Å². The Balaban J connectivity index is 2.43. The number of nitrogens with zero attached hydrogens (tertiary/aromatic N) is 1. The molecule has 0 saturated carbocycles. The Morgan fingerprint density at radius 3 is 2.10 bits per heavy atom. The molecule has 112 valence electrons. The van der Waals surface area contributed by atoms with E-state index in [2.05, 4.69) is 70.8 Å². The third kappa shape index (κ3) is 2.33. The SMILES string of the molecule is Cc1ccc(N(C)C2(CN)CC(C)(C)OC2(C)C)cc1. The van der Waals surface area contributed by atoms with Gasteiger partial charge in [0.25, 0.3) is 0 Å².